The number of rotatable bonds is 1. The lowest BCUT2D eigenvalue weighted by molar-refractivity contribution is 0.0311. The number of carbonyl (C=O) groups is 1. The van der Waals surface area contributed by atoms with Gasteiger partial charge in [0.05, 0.1) is 11.8 Å². The van der Waals surface area contributed by atoms with Crippen molar-refractivity contribution in [2.45, 2.75) is 19.4 Å². The molecule has 0 unspecified atom stereocenters. The molecule has 6 heteroatoms. The Morgan fingerprint density at radius 3 is 2.79 bits per heavy atom. The lowest BCUT2D eigenvalue weighted by atomic mass is 9.99. The summed E-state index contributed by atoms with van der Waals surface area (Å²) in [5.41, 5.74) is 5.69. The average Bonchev–Trinajstić information content (AvgIpc) is 2.35. The summed E-state index contributed by atoms with van der Waals surface area (Å²) in [6.07, 6.45) is 1.01. The molecule has 0 aliphatic carbocycles. The zero-order valence-electron chi connectivity index (χ0n) is 11.5. The minimum atomic E-state index is -0.550. The molecule has 1 aromatic heterocycles. The predicted molar refractivity (Wildman–Crippen MR) is 71.2 cm³/mol. The van der Waals surface area contributed by atoms with Crippen molar-refractivity contribution < 1.29 is 9.18 Å². The Hall–Kier alpha value is -1.69. The molecule has 0 saturated carbocycles. The molecule has 1 amide bonds. The summed E-state index contributed by atoms with van der Waals surface area (Å²) >= 11 is 0. The van der Waals surface area contributed by atoms with E-state index >= 15 is 0 Å². The summed E-state index contributed by atoms with van der Waals surface area (Å²) in [6, 6.07) is 1.15. The number of halogens is 1. The van der Waals surface area contributed by atoms with Crippen LogP contribution in [0.25, 0.3) is 0 Å². The maximum Gasteiger partial charge on any atom is 0.257 e. The predicted octanol–water partition coefficient (Wildman–Crippen LogP) is 0.969. The van der Waals surface area contributed by atoms with Crippen molar-refractivity contribution in [3.8, 4) is 0 Å². The van der Waals surface area contributed by atoms with Crippen molar-refractivity contribution in [1.29, 1.82) is 0 Å². The monoisotopic (exact) mass is 266 g/mol. The van der Waals surface area contributed by atoms with Crippen molar-refractivity contribution >= 4 is 11.7 Å². The highest BCUT2D eigenvalue weighted by atomic mass is 19.1. The summed E-state index contributed by atoms with van der Waals surface area (Å²) < 4.78 is 13.2. The van der Waals surface area contributed by atoms with Crippen LogP contribution < -0.4 is 5.73 Å². The van der Waals surface area contributed by atoms with Crippen LogP contribution in [0.1, 0.15) is 24.2 Å². The number of likely N-dealkylation sites (N-methyl/N-ethyl adjacent to an activating group) is 1. The lowest BCUT2D eigenvalue weighted by Gasteiger charge is -2.45. The Morgan fingerprint density at radius 1 is 1.47 bits per heavy atom. The van der Waals surface area contributed by atoms with Crippen LogP contribution in [0.4, 0.5) is 10.2 Å². The highest BCUT2D eigenvalue weighted by Gasteiger charge is 2.34. The summed E-state index contributed by atoms with van der Waals surface area (Å²) in [5, 5.41) is 0. The van der Waals surface area contributed by atoms with Crippen molar-refractivity contribution in [3.05, 3.63) is 23.6 Å². The minimum absolute atomic E-state index is 0.0723. The van der Waals surface area contributed by atoms with E-state index in [2.05, 4.69) is 23.7 Å². The molecule has 1 fully saturated rings. The Morgan fingerprint density at radius 2 is 2.16 bits per heavy atom. The number of nitrogens with two attached hydrogens (primary N) is 1. The summed E-state index contributed by atoms with van der Waals surface area (Å²) in [6.45, 7) is 6.10. The second-order valence-electron chi connectivity index (χ2n) is 5.55. The maximum atomic E-state index is 13.2. The van der Waals surface area contributed by atoms with E-state index < -0.39 is 5.82 Å². The Bertz CT molecular complexity index is 503. The number of carbonyl (C=O) groups excluding carboxylic acids is 1. The van der Waals surface area contributed by atoms with Gasteiger partial charge in [-0.2, -0.15) is 0 Å². The fourth-order valence-corrected chi connectivity index (χ4v) is 2.21. The standard InChI is InChI=1S/C13H19FN4O/c1-13(2)8-18(5-4-17(13)3)12(19)10-6-9(14)7-16-11(10)15/h6-7H,4-5,8H2,1-3H3,(H2,15,16). The van der Waals surface area contributed by atoms with Crippen molar-refractivity contribution in [2.75, 3.05) is 32.4 Å². The molecule has 0 radical (unpaired) electrons. The van der Waals surface area contributed by atoms with Gasteiger partial charge in [0.25, 0.3) is 5.91 Å². The number of piperazine rings is 1. The van der Waals surface area contributed by atoms with Gasteiger partial charge in [0.15, 0.2) is 0 Å². The van der Waals surface area contributed by atoms with Gasteiger partial charge in [-0.1, -0.05) is 0 Å². The highest BCUT2D eigenvalue weighted by Crippen LogP contribution is 2.21. The Labute approximate surface area is 112 Å². The van der Waals surface area contributed by atoms with E-state index in [1.54, 1.807) is 4.90 Å². The van der Waals surface area contributed by atoms with Gasteiger partial charge in [0.2, 0.25) is 0 Å². The number of hydrogen-bond acceptors (Lipinski definition) is 4. The molecule has 0 spiro atoms. The summed E-state index contributed by atoms with van der Waals surface area (Å²) in [7, 11) is 2.03. The third-order valence-electron chi connectivity index (χ3n) is 3.72. The minimum Gasteiger partial charge on any atom is -0.383 e. The Balaban J connectivity index is 2.23. The van der Waals surface area contributed by atoms with Crippen LogP contribution in [0.2, 0.25) is 0 Å². The van der Waals surface area contributed by atoms with E-state index in [4.69, 9.17) is 5.73 Å². The fourth-order valence-electron chi connectivity index (χ4n) is 2.21. The first-order valence-corrected chi connectivity index (χ1v) is 6.23. The molecular formula is C13H19FN4O. The number of nitrogens with zero attached hydrogens (tertiary/aromatic N) is 3. The van der Waals surface area contributed by atoms with Crippen LogP contribution in [0.5, 0.6) is 0 Å². The van der Waals surface area contributed by atoms with Crippen LogP contribution in [0.15, 0.2) is 12.3 Å². The van der Waals surface area contributed by atoms with Crippen LogP contribution >= 0.6 is 0 Å². The number of amides is 1. The maximum absolute atomic E-state index is 13.2. The third-order valence-corrected chi connectivity index (χ3v) is 3.72. The van der Waals surface area contributed by atoms with Crippen LogP contribution in [0.3, 0.4) is 0 Å². The number of aromatic nitrogens is 1. The van der Waals surface area contributed by atoms with Crippen molar-refractivity contribution in [2.24, 2.45) is 0 Å². The molecule has 1 aromatic rings. The molecule has 104 valence electrons. The van der Waals surface area contributed by atoms with E-state index in [9.17, 15) is 9.18 Å². The van der Waals surface area contributed by atoms with E-state index in [0.29, 0.717) is 13.1 Å². The Kier molecular flexibility index (Phi) is 3.45. The second kappa shape index (κ2) is 4.77. The van der Waals surface area contributed by atoms with Gasteiger partial charge in [-0.05, 0) is 27.0 Å². The molecule has 19 heavy (non-hydrogen) atoms. The molecule has 1 aliphatic rings. The smallest absolute Gasteiger partial charge is 0.257 e. The van der Waals surface area contributed by atoms with Gasteiger partial charge in [-0.15, -0.1) is 0 Å². The lowest BCUT2D eigenvalue weighted by Crippen LogP contribution is -2.58. The first-order valence-electron chi connectivity index (χ1n) is 6.23. The summed E-state index contributed by atoms with van der Waals surface area (Å²) in [4.78, 5) is 20.0. The third kappa shape index (κ3) is 2.68. The topological polar surface area (TPSA) is 62.5 Å². The fraction of sp³-hybridized carbons (Fsp3) is 0.538. The molecule has 1 aliphatic heterocycles. The molecule has 0 atom stereocenters. The molecule has 2 heterocycles. The zero-order valence-corrected chi connectivity index (χ0v) is 11.5. The number of pyridine rings is 1. The van der Waals surface area contributed by atoms with Gasteiger partial charge in [-0.3, -0.25) is 9.69 Å². The molecule has 2 N–H and O–H groups in total. The first-order chi connectivity index (χ1) is 8.81. The second-order valence-corrected chi connectivity index (χ2v) is 5.55. The zero-order chi connectivity index (χ0) is 14.2. The van der Waals surface area contributed by atoms with Crippen LogP contribution in [-0.4, -0.2) is 52.9 Å². The SMILES string of the molecule is CN1CCN(C(=O)c2cc(F)cnc2N)CC1(C)C. The first kappa shape index (κ1) is 13.7. The van der Waals surface area contributed by atoms with Crippen molar-refractivity contribution in [3.63, 3.8) is 0 Å². The van der Waals surface area contributed by atoms with E-state index in [-0.39, 0.29) is 22.8 Å². The van der Waals surface area contributed by atoms with E-state index in [0.717, 1.165) is 18.8 Å². The normalized spacial score (nSPS) is 19.5. The van der Waals surface area contributed by atoms with Crippen LogP contribution in [0, 0.1) is 5.82 Å². The molecule has 0 bridgehead atoms. The van der Waals surface area contributed by atoms with Crippen molar-refractivity contribution in [1.82, 2.24) is 14.8 Å². The molecule has 0 aromatic carbocycles. The van der Waals surface area contributed by atoms with Gasteiger partial charge >= 0.3 is 0 Å². The van der Waals surface area contributed by atoms with Gasteiger partial charge < -0.3 is 10.6 Å². The quantitative estimate of drug-likeness (QED) is 0.822. The average molecular weight is 266 g/mol. The summed E-state index contributed by atoms with van der Waals surface area (Å²) in [5.74, 6) is -0.736. The number of hydrogen-bond donors (Lipinski definition) is 1. The highest BCUT2D eigenvalue weighted by molar-refractivity contribution is 5.98. The molecule has 1 saturated heterocycles. The number of anilines is 1. The van der Waals surface area contributed by atoms with E-state index in [1.165, 1.54) is 0 Å². The largest absolute Gasteiger partial charge is 0.383 e. The van der Waals surface area contributed by atoms with Gasteiger partial charge in [-0.25, -0.2) is 9.37 Å². The molecular weight excluding hydrogens is 247 g/mol. The van der Waals surface area contributed by atoms with Crippen LogP contribution in [-0.2, 0) is 0 Å². The number of nitrogen functional groups attached to an aromatic ring is 1. The van der Waals surface area contributed by atoms with E-state index in [1.807, 2.05) is 7.05 Å². The van der Waals surface area contributed by atoms with Gasteiger partial charge in [0, 0.05) is 25.2 Å². The van der Waals surface area contributed by atoms with Gasteiger partial charge in [0.1, 0.15) is 11.6 Å². The molecule has 5 nitrogen and oxygen atoms in total. The molecule has 2 rings (SSSR count).